The molecule has 0 saturated heterocycles. The maximum Gasteiger partial charge on any atom is 0.236 e. The first kappa shape index (κ1) is 22.5. The number of nitrogens with one attached hydrogen (secondary N) is 2. The number of amides is 1. The highest BCUT2D eigenvalue weighted by Gasteiger charge is 2.22. The van der Waals surface area contributed by atoms with Gasteiger partial charge in [-0.05, 0) is 35.4 Å². The summed E-state index contributed by atoms with van der Waals surface area (Å²) in [6.07, 6.45) is 0. The number of thiazole rings is 1. The Morgan fingerprint density at radius 3 is 2.14 bits per heavy atom. The zero-order chi connectivity index (χ0) is 24.0. The fraction of sp³-hybridized carbons (Fsp3) is 0.0345. The maximum atomic E-state index is 14.0. The number of rotatable bonds is 7. The average molecular weight is 480 g/mol. The molecule has 0 aliphatic heterocycles. The molecule has 1 amide bonds. The minimum atomic E-state index is -0.433. The zero-order valence-electron chi connectivity index (χ0n) is 18.7. The first-order chi connectivity index (χ1) is 17.2. The van der Waals surface area contributed by atoms with E-state index in [0.29, 0.717) is 16.5 Å². The van der Waals surface area contributed by atoms with E-state index in [1.165, 1.54) is 17.4 Å². The van der Waals surface area contributed by atoms with Gasteiger partial charge in [0.15, 0.2) is 5.13 Å². The number of halogens is 1. The molecular weight excluding hydrogens is 457 g/mol. The monoisotopic (exact) mass is 479 g/mol. The highest BCUT2D eigenvalue weighted by atomic mass is 32.1. The summed E-state index contributed by atoms with van der Waals surface area (Å²) in [6, 6.07) is 33.6. The Bertz CT molecular complexity index is 1400. The quantitative estimate of drug-likeness (QED) is 0.255. The molecule has 1 aromatic heterocycles. The molecule has 6 heteroatoms. The fourth-order valence-corrected chi connectivity index (χ4v) is 4.63. The second-order valence-electron chi connectivity index (χ2n) is 7.97. The molecular formula is C29H22FN3OS. The molecule has 0 fully saturated rings. The van der Waals surface area contributed by atoms with Crippen LogP contribution in [0.1, 0.15) is 17.0 Å². The number of carbonyl (C=O) groups excluding carboxylic acids is 1. The topological polar surface area (TPSA) is 54.0 Å². The second kappa shape index (κ2) is 10.3. The molecule has 0 atom stereocenters. The van der Waals surface area contributed by atoms with Crippen LogP contribution < -0.4 is 10.6 Å². The van der Waals surface area contributed by atoms with E-state index in [4.69, 9.17) is 0 Å². The number of hydrogen-bond donors (Lipinski definition) is 2. The summed E-state index contributed by atoms with van der Waals surface area (Å²) in [4.78, 5) is 18.0. The van der Waals surface area contributed by atoms with Crippen LogP contribution in [0.4, 0.5) is 20.9 Å². The van der Waals surface area contributed by atoms with Crippen molar-refractivity contribution in [2.45, 2.75) is 5.92 Å². The van der Waals surface area contributed by atoms with Gasteiger partial charge < -0.3 is 10.6 Å². The Hall–Kier alpha value is -4.29. The molecule has 0 aliphatic rings. The van der Waals surface area contributed by atoms with Crippen LogP contribution in [0.15, 0.2) is 115 Å². The molecule has 0 spiro atoms. The van der Waals surface area contributed by atoms with Gasteiger partial charge in [-0.3, -0.25) is 4.79 Å². The largest absolute Gasteiger partial charge is 0.329 e. The van der Waals surface area contributed by atoms with E-state index in [1.54, 1.807) is 18.2 Å². The summed E-state index contributed by atoms with van der Waals surface area (Å²) in [5, 5.41) is 8.59. The molecule has 35 heavy (non-hydrogen) atoms. The van der Waals surface area contributed by atoms with Gasteiger partial charge in [-0.1, -0.05) is 84.9 Å². The number of carbonyl (C=O) groups is 1. The Labute approximate surface area is 207 Å². The summed E-state index contributed by atoms with van der Waals surface area (Å²) in [7, 11) is 0. The zero-order valence-corrected chi connectivity index (χ0v) is 19.5. The van der Waals surface area contributed by atoms with Gasteiger partial charge in [-0.15, -0.1) is 11.3 Å². The third-order valence-electron chi connectivity index (χ3n) is 5.57. The maximum absolute atomic E-state index is 14.0. The summed E-state index contributed by atoms with van der Waals surface area (Å²) < 4.78 is 14.0. The Balaban J connectivity index is 1.37. The molecule has 0 aliphatic carbocycles. The molecule has 0 saturated carbocycles. The van der Waals surface area contributed by atoms with Gasteiger partial charge in [-0.25, -0.2) is 9.37 Å². The normalized spacial score (nSPS) is 10.8. The molecule has 1 heterocycles. The molecule has 0 radical (unpaired) electrons. The SMILES string of the molecule is O=C(Nc1cccc(-c2csc(Nc3ccccc3F)n2)c1)C(c1ccccc1)c1ccccc1. The second-order valence-corrected chi connectivity index (χ2v) is 8.83. The molecule has 5 rings (SSSR count). The van der Waals surface area contributed by atoms with Gasteiger partial charge in [0, 0.05) is 16.6 Å². The van der Waals surface area contributed by atoms with E-state index >= 15 is 0 Å². The standard InChI is InChI=1S/C29H22FN3OS/c30-24-16-7-8-17-25(24)32-29-33-26(19-35-29)22-14-9-15-23(18-22)31-28(34)27(20-10-3-1-4-11-20)21-12-5-2-6-13-21/h1-19,27H,(H,31,34)(H,32,33). The van der Waals surface area contributed by atoms with E-state index in [2.05, 4.69) is 15.6 Å². The minimum Gasteiger partial charge on any atom is -0.329 e. The molecule has 4 aromatic carbocycles. The minimum absolute atomic E-state index is 0.111. The van der Waals surface area contributed by atoms with Crippen LogP contribution in [-0.4, -0.2) is 10.9 Å². The van der Waals surface area contributed by atoms with Crippen molar-refractivity contribution in [3.8, 4) is 11.3 Å². The van der Waals surface area contributed by atoms with Gasteiger partial charge in [0.1, 0.15) is 5.82 Å². The first-order valence-electron chi connectivity index (χ1n) is 11.2. The van der Waals surface area contributed by atoms with Crippen molar-refractivity contribution in [2.75, 3.05) is 10.6 Å². The van der Waals surface area contributed by atoms with Crippen LogP contribution >= 0.6 is 11.3 Å². The van der Waals surface area contributed by atoms with Gasteiger partial charge in [0.05, 0.1) is 17.3 Å². The average Bonchev–Trinajstić information content (AvgIpc) is 3.36. The van der Waals surface area contributed by atoms with E-state index < -0.39 is 5.92 Å². The third-order valence-corrected chi connectivity index (χ3v) is 6.33. The predicted molar refractivity (Wildman–Crippen MR) is 141 cm³/mol. The number of hydrogen-bond acceptors (Lipinski definition) is 4. The molecule has 0 unspecified atom stereocenters. The number of anilines is 3. The van der Waals surface area contributed by atoms with Crippen LogP contribution in [0.25, 0.3) is 11.3 Å². The molecule has 2 N–H and O–H groups in total. The summed E-state index contributed by atoms with van der Waals surface area (Å²) in [5.41, 5.74) is 4.51. The van der Waals surface area contributed by atoms with Crippen molar-refractivity contribution in [3.05, 3.63) is 132 Å². The fourth-order valence-electron chi connectivity index (χ4n) is 3.90. The molecule has 172 valence electrons. The van der Waals surface area contributed by atoms with Crippen LogP contribution in [0, 0.1) is 5.82 Å². The summed E-state index contributed by atoms with van der Waals surface area (Å²) >= 11 is 1.39. The van der Waals surface area contributed by atoms with Gasteiger partial charge in [0.2, 0.25) is 5.91 Å². The highest BCUT2D eigenvalue weighted by molar-refractivity contribution is 7.14. The van der Waals surface area contributed by atoms with Gasteiger partial charge in [0.25, 0.3) is 0 Å². The third kappa shape index (κ3) is 5.28. The molecule has 5 aromatic rings. The Morgan fingerprint density at radius 1 is 0.800 bits per heavy atom. The predicted octanol–water partition coefficient (Wildman–Crippen LogP) is 7.46. The number of nitrogens with zero attached hydrogens (tertiary/aromatic N) is 1. The van der Waals surface area contributed by atoms with Crippen LogP contribution in [0.5, 0.6) is 0 Å². The van der Waals surface area contributed by atoms with Crippen molar-refractivity contribution in [3.63, 3.8) is 0 Å². The van der Waals surface area contributed by atoms with Crippen molar-refractivity contribution in [2.24, 2.45) is 0 Å². The molecule has 4 nitrogen and oxygen atoms in total. The van der Waals surface area contributed by atoms with Crippen molar-refractivity contribution >= 4 is 33.8 Å². The highest BCUT2D eigenvalue weighted by Crippen LogP contribution is 2.30. The number of aromatic nitrogens is 1. The lowest BCUT2D eigenvalue weighted by Gasteiger charge is -2.18. The van der Waals surface area contributed by atoms with Gasteiger partial charge >= 0.3 is 0 Å². The van der Waals surface area contributed by atoms with E-state index in [0.717, 1.165) is 22.4 Å². The lowest BCUT2D eigenvalue weighted by molar-refractivity contribution is -0.116. The number of para-hydroxylation sites is 1. The van der Waals surface area contributed by atoms with E-state index in [9.17, 15) is 9.18 Å². The van der Waals surface area contributed by atoms with E-state index in [-0.39, 0.29) is 11.7 Å². The lowest BCUT2D eigenvalue weighted by Crippen LogP contribution is -2.22. The summed E-state index contributed by atoms with van der Waals surface area (Å²) in [5.74, 6) is -0.878. The van der Waals surface area contributed by atoms with Crippen LogP contribution in [0.3, 0.4) is 0 Å². The number of benzene rings is 4. The van der Waals surface area contributed by atoms with Crippen molar-refractivity contribution in [1.29, 1.82) is 0 Å². The smallest absolute Gasteiger partial charge is 0.236 e. The Morgan fingerprint density at radius 2 is 1.46 bits per heavy atom. The van der Waals surface area contributed by atoms with Crippen LogP contribution in [0.2, 0.25) is 0 Å². The Kier molecular flexibility index (Phi) is 6.63. The van der Waals surface area contributed by atoms with Gasteiger partial charge in [-0.2, -0.15) is 0 Å². The van der Waals surface area contributed by atoms with Crippen molar-refractivity contribution < 1.29 is 9.18 Å². The lowest BCUT2D eigenvalue weighted by atomic mass is 9.90. The summed E-state index contributed by atoms with van der Waals surface area (Å²) in [6.45, 7) is 0. The van der Waals surface area contributed by atoms with E-state index in [1.807, 2.05) is 90.3 Å². The first-order valence-corrected chi connectivity index (χ1v) is 12.0. The van der Waals surface area contributed by atoms with Crippen LogP contribution in [-0.2, 0) is 4.79 Å². The molecule has 0 bridgehead atoms. The van der Waals surface area contributed by atoms with Crippen molar-refractivity contribution in [1.82, 2.24) is 4.98 Å².